The molecular weight excluding hydrogens is 559 g/mol. The third kappa shape index (κ3) is 31.5. The van der Waals surface area contributed by atoms with E-state index in [0.717, 1.165) is 83.7 Å². The number of ether oxygens (including phenoxy) is 2. The highest BCUT2D eigenvalue weighted by atomic mass is 31.2. The van der Waals surface area contributed by atoms with Crippen molar-refractivity contribution in [2.45, 2.75) is 167 Å². The van der Waals surface area contributed by atoms with E-state index >= 15 is 0 Å². The molecular formula is C32H61O9P. The van der Waals surface area contributed by atoms with Crippen LogP contribution in [0.2, 0.25) is 0 Å². The Labute approximate surface area is 255 Å². The summed E-state index contributed by atoms with van der Waals surface area (Å²) >= 11 is 0. The molecule has 2 unspecified atom stereocenters. The van der Waals surface area contributed by atoms with Gasteiger partial charge in [-0.2, -0.15) is 0 Å². The molecule has 0 saturated carbocycles. The van der Waals surface area contributed by atoms with Gasteiger partial charge < -0.3 is 24.0 Å². The highest BCUT2D eigenvalue weighted by molar-refractivity contribution is 7.51. The molecule has 0 saturated heterocycles. The predicted octanol–water partition coefficient (Wildman–Crippen LogP) is 8.74. The Kier molecular flexibility index (Phi) is 27.4. The number of esters is 2. The molecule has 0 rings (SSSR count). The number of carbonyl (C=O) groups excluding carboxylic acids is 2. The number of carboxylic acid groups (broad SMARTS) is 1. The molecule has 42 heavy (non-hydrogen) atoms. The first-order valence-electron chi connectivity index (χ1n) is 16.7. The quantitative estimate of drug-likeness (QED) is 0.0443. The van der Waals surface area contributed by atoms with Crippen LogP contribution in [0.25, 0.3) is 0 Å². The van der Waals surface area contributed by atoms with Crippen molar-refractivity contribution < 1.29 is 42.9 Å². The number of aliphatic carboxylic acids is 1. The van der Waals surface area contributed by atoms with Crippen LogP contribution in [0.4, 0.5) is 0 Å². The van der Waals surface area contributed by atoms with E-state index in [4.69, 9.17) is 19.1 Å². The fraction of sp³-hybridized carbons (Fsp3) is 0.906. The average Bonchev–Trinajstić information content (AvgIpc) is 2.93. The molecule has 0 spiro atoms. The van der Waals surface area contributed by atoms with Crippen LogP contribution >= 0.6 is 7.60 Å². The Bertz CT molecular complexity index is 723. The first-order chi connectivity index (χ1) is 20.1. The van der Waals surface area contributed by atoms with Crippen molar-refractivity contribution in [3.05, 3.63) is 0 Å². The second-order valence-electron chi connectivity index (χ2n) is 11.6. The molecule has 10 heteroatoms. The fourth-order valence-corrected chi connectivity index (χ4v) is 5.18. The van der Waals surface area contributed by atoms with Crippen LogP contribution in [0.15, 0.2) is 0 Å². The maximum atomic E-state index is 12.3. The van der Waals surface area contributed by atoms with Gasteiger partial charge in [0.25, 0.3) is 0 Å². The summed E-state index contributed by atoms with van der Waals surface area (Å²) in [5, 5.41) is 8.64. The Morgan fingerprint density at radius 1 is 0.595 bits per heavy atom. The second kappa shape index (κ2) is 28.3. The van der Waals surface area contributed by atoms with Gasteiger partial charge in [-0.25, -0.2) is 0 Å². The van der Waals surface area contributed by atoms with Crippen molar-refractivity contribution >= 4 is 25.5 Å². The summed E-state index contributed by atoms with van der Waals surface area (Å²) in [5.74, 6) is -1.53. The minimum atomic E-state index is -3.76. The summed E-state index contributed by atoms with van der Waals surface area (Å²) in [6.45, 7) is 2.78. The normalized spacial score (nSPS) is 13.4. The lowest BCUT2D eigenvalue weighted by atomic mass is 10.1. The van der Waals surface area contributed by atoms with E-state index in [1.807, 2.05) is 0 Å². The van der Waals surface area contributed by atoms with Gasteiger partial charge in [0.2, 0.25) is 0 Å². The zero-order valence-corrected chi connectivity index (χ0v) is 27.6. The maximum absolute atomic E-state index is 12.3. The van der Waals surface area contributed by atoms with Crippen LogP contribution in [0.5, 0.6) is 0 Å². The predicted molar refractivity (Wildman–Crippen MR) is 167 cm³/mol. The maximum Gasteiger partial charge on any atom is 0.325 e. The van der Waals surface area contributed by atoms with Crippen molar-refractivity contribution in [2.75, 3.05) is 19.9 Å². The number of carbonyl (C=O) groups is 3. The number of unbranched alkanes of at least 4 members (excludes halogenated alkanes) is 19. The van der Waals surface area contributed by atoms with Gasteiger partial charge in [-0.1, -0.05) is 122 Å². The van der Waals surface area contributed by atoms with Gasteiger partial charge >= 0.3 is 25.5 Å². The van der Waals surface area contributed by atoms with Gasteiger partial charge in [-0.3, -0.25) is 18.9 Å². The minimum Gasteiger partial charge on any atom is -0.481 e. The summed E-state index contributed by atoms with van der Waals surface area (Å²) in [6.07, 6.45) is 22.9. The summed E-state index contributed by atoms with van der Waals surface area (Å²) in [7, 11) is -3.76. The molecule has 0 heterocycles. The molecule has 0 aromatic heterocycles. The van der Waals surface area contributed by atoms with Gasteiger partial charge in [0.05, 0.1) is 6.61 Å². The number of carboxylic acids is 1. The third-order valence-electron chi connectivity index (χ3n) is 7.23. The molecule has 0 amide bonds. The van der Waals surface area contributed by atoms with Crippen molar-refractivity contribution in [1.82, 2.24) is 0 Å². The van der Waals surface area contributed by atoms with Crippen molar-refractivity contribution in [3.63, 3.8) is 0 Å². The van der Waals surface area contributed by atoms with E-state index in [9.17, 15) is 23.8 Å². The molecule has 0 bridgehead atoms. The van der Waals surface area contributed by atoms with Crippen LogP contribution < -0.4 is 0 Å². The summed E-state index contributed by atoms with van der Waals surface area (Å²) < 4.78 is 27.2. The molecule has 0 aliphatic rings. The molecule has 0 radical (unpaired) electrons. The lowest BCUT2D eigenvalue weighted by molar-refractivity contribution is -0.161. The Morgan fingerprint density at radius 2 is 0.976 bits per heavy atom. The van der Waals surface area contributed by atoms with Crippen LogP contribution in [-0.2, 0) is 32.9 Å². The monoisotopic (exact) mass is 620 g/mol. The van der Waals surface area contributed by atoms with E-state index in [0.29, 0.717) is 12.8 Å². The van der Waals surface area contributed by atoms with Crippen LogP contribution in [-0.4, -0.2) is 53.9 Å². The van der Waals surface area contributed by atoms with E-state index < -0.39 is 25.6 Å². The molecule has 0 aromatic carbocycles. The number of hydrogen-bond donors (Lipinski definition) is 2. The summed E-state index contributed by atoms with van der Waals surface area (Å²) in [6, 6.07) is 0. The van der Waals surface area contributed by atoms with Gasteiger partial charge in [0, 0.05) is 25.9 Å². The van der Waals surface area contributed by atoms with E-state index in [1.165, 1.54) is 51.4 Å². The highest BCUT2D eigenvalue weighted by Gasteiger charge is 2.21. The Morgan fingerprint density at radius 3 is 1.38 bits per heavy atom. The van der Waals surface area contributed by atoms with Gasteiger partial charge in [0.1, 0.15) is 6.61 Å². The number of rotatable bonds is 31. The standard InChI is InChI=1S/C32H61O9P/c1-3-4-5-6-7-8-9-13-16-19-22-25-31(35)39-27-29(28-40-42(2,37)38)41-32(36)26-23-20-17-14-11-10-12-15-18-21-24-30(33)34/h29H,3-28H2,1-2H3,(H,33,34)(H,37,38). The smallest absolute Gasteiger partial charge is 0.325 e. The first-order valence-corrected chi connectivity index (χ1v) is 18.7. The van der Waals surface area contributed by atoms with E-state index in [-0.39, 0.29) is 32.0 Å². The molecule has 0 fully saturated rings. The van der Waals surface area contributed by atoms with Gasteiger partial charge in [-0.15, -0.1) is 0 Å². The summed E-state index contributed by atoms with van der Waals surface area (Å²) in [4.78, 5) is 44.4. The largest absolute Gasteiger partial charge is 0.481 e. The highest BCUT2D eigenvalue weighted by Crippen LogP contribution is 2.36. The van der Waals surface area contributed by atoms with E-state index in [2.05, 4.69) is 6.92 Å². The molecule has 2 N–H and O–H groups in total. The van der Waals surface area contributed by atoms with Gasteiger partial charge in [-0.05, 0) is 19.3 Å². The fourth-order valence-electron chi connectivity index (χ4n) is 4.73. The second-order valence-corrected chi connectivity index (χ2v) is 13.5. The SMILES string of the molecule is CCCCCCCCCCCCCC(=O)OCC(COP(C)(=O)O)OC(=O)CCCCCCCCCCCCC(=O)O. The molecule has 2 atom stereocenters. The zero-order valence-electron chi connectivity index (χ0n) is 26.7. The zero-order chi connectivity index (χ0) is 31.3. The van der Waals surface area contributed by atoms with Crippen LogP contribution in [0, 0.1) is 0 Å². The first kappa shape index (κ1) is 40.6. The lowest BCUT2D eigenvalue weighted by Gasteiger charge is -2.19. The van der Waals surface area contributed by atoms with Crippen molar-refractivity contribution in [2.24, 2.45) is 0 Å². The average molecular weight is 621 g/mol. The van der Waals surface area contributed by atoms with Crippen molar-refractivity contribution in [3.8, 4) is 0 Å². The van der Waals surface area contributed by atoms with E-state index in [1.54, 1.807) is 0 Å². The van der Waals surface area contributed by atoms with Crippen LogP contribution in [0.3, 0.4) is 0 Å². The Hall–Kier alpha value is -1.44. The molecule has 248 valence electrons. The van der Waals surface area contributed by atoms with Gasteiger partial charge in [0.15, 0.2) is 6.10 Å². The lowest BCUT2D eigenvalue weighted by Crippen LogP contribution is -2.29. The molecule has 0 aromatic rings. The molecule has 9 nitrogen and oxygen atoms in total. The Balaban J connectivity index is 3.99. The van der Waals surface area contributed by atoms with Crippen molar-refractivity contribution in [1.29, 1.82) is 0 Å². The topological polar surface area (TPSA) is 136 Å². The molecule has 0 aliphatic carbocycles. The molecule has 0 aliphatic heterocycles. The number of hydrogen-bond acceptors (Lipinski definition) is 7. The minimum absolute atomic E-state index is 0.196. The summed E-state index contributed by atoms with van der Waals surface area (Å²) in [5.41, 5.74) is 0. The third-order valence-corrected chi connectivity index (χ3v) is 7.86. The van der Waals surface area contributed by atoms with Crippen LogP contribution in [0.1, 0.15) is 161 Å².